The Balaban J connectivity index is 2.42. The molecule has 0 aliphatic heterocycles. The molecule has 6 nitrogen and oxygen atoms in total. The van der Waals surface area contributed by atoms with Crippen molar-refractivity contribution in [2.45, 2.75) is 13.8 Å². The highest BCUT2D eigenvalue weighted by Gasteiger charge is 2.01. The topological polar surface area (TPSA) is 88.9 Å². The largest absolute Gasteiger partial charge is 0.792 e. The Morgan fingerprint density at radius 1 is 1.26 bits per heavy atom. The Morgan fingerprint density at radius 2 is 1.89 bits per heavy atom. The maximum Gasteiger partial charge on any atom is 0.259 e. The molecule has 0 aromatic heterocycles. The molecule has 0 spiro atoms. The lowest BCUT2D eigenvalue weighted by atomic mass is 10.3. The predicted octanol–water partition coefficient (Wildman–Crippen LogP) is 2.31. The lowest BCUT2D eigenvalue weighted by Gasteiger charge is -2.06. The second-order valence-corrected chi connectivity index (χ2v) is 4.69. The summed E-state index contributed by atoms with van der Waals surface area (Å²) in [4.78, 5) is 11.5. The Kier molecular flexibility index (Phi) is 6.01. The van der Waals surface area contributed by atoms with Crippen LogP contribution in [0.5, 0.6) is 0 Å². The summed E-state index contributed by atoms with van der Waals surface area (Å²) in [5.74, 6) is -0.305. The first kappa shape index (κ1) is 15.2. The van der Waals surface area contributed by atoms with Gasteiger partial charge in [-0.15, -0.1) is 0 Å². The van der Waals surface area contributed by atoms with E-state index in [-0.39, 0.29) is 18.2 Å². The van der Waals surface area contributed by atoms with Gasteiger partial charge in [0, 0.05) is 15.9 Å². The van der Waals surface area contributed by atoms with E-state index in [1.54, 1.807) is 6.92 Å². The zero-order valence-corrected chi connectivity index (χ0v) is 12.2. The average Bonchev–Trinajstić information content (AvgIpc) is 2.43. The minimum Gasteiger partial charge on any atom is -0.792 e. The fourth-order valence-corrected chi connectivity index (χ4v) is 1.35. The number of amides is 1. The van der Waals surface area contributed by atoms with Gasteiger partial charge >= 0.3 is 0 Å². The number of carbonyl (C=O) groups is 1. The lowest BCUT2D eigenvalue weighted by molar-refractivity contribution is -0.119. The molecule has 0 unspecified atom stereocenters. The molecule has 0 bridgehead atoms. The molecule has 7 heteroatoms. The van der Waals surface area contributed by atoms with Crippen LogP contribution in [0.3, 0.4) is 0 Å². The van der Waals surface area contributed by atoms with Gasteiger partial charge < -0.3 is 15.7 Å². The average molecular weight is 326 g/mol. The molecule has 0 saturated carbocycles. The van der Waals surface area contributed by atoms with Gasteiger partial charge in [-0.2, -0.15) is 5.10 Å². The van der Waals surface area contributed by atoms with E-state index in [1.165, 1.54) is 6.92 Å². The van der Waals surface area contributed by atoms with Gasteiger partial charge in [0.2, 0.25) is 0 Å². The smallest absolute Gasteiger partial charge is 0.259 e. The predicted molar refractivity (Wildman–Crippen MR) is 80.4 cm³/mol. The van der Waals surface area contributed by atoms with Crippen LogP contribution in [-0.2, 0) is 4.79 Å². The molecule has 0 aliphatic rings. The number of hydrogen-bond acceptors (Lipinski definition) is 5. The van der Waals surface area contributed by atoms with E-state index < -0.39 is 0 Å². The summed E-state index contributed by atoms with van der Waals surface area (Å²) in [5, 5.41) is 19.7. The summed E-state index contributed by atoms with van der Waals surface area (Å²) in [6.07, 6.45) is 0. The van der Waals surface area contributed by atoms with Crippen molar-refractivity contribution < 1.29 is 4.79 Å². The van der Waals surface area contributed by atoms with Crippen molar-refractivity contribution in [1.29, 1.82) is 0 Å². The van der Waals surface area contributed by atoms with Gasteiger partial charge in [0.05, 0.1) is 12.3 Å². The van der Waals surface area contributed by atoms with Crippen LogP contribution in [0, 0.1) is 5.21 Å². The first-order chi connectivity index (χ1) is 9.02. The van der Waals surface area contributed by atoms with Crippen molar-refractivity contribution >= 4 is 38.9 Å². The number of benzene rings is 1. The Morgan fingerprint density at radius 3 is 2.47 bits per heavy atom. The van der Waals surface area contributed by atoms with E-state index in [4.69, 9.17) is 0 Å². The van der Waals surface area contributed by atoms with Crippen molar-refractivity contribution in [3.8, 4) is 0 Å². The van der Waals surface area contributed by atoms with E-state index in [2.05, 4.69) is 36.9 Å². The quantitative estimate of drug-likeness (QED) is 0.643. The Hall–Kier alpha value is -1.89. The molecule has 1 aromatic carbocycles. The molecule has 1 aromatic rings. The summed E-state index contributed by atoms with van der Waals surface area (Å²) in [6, 6.07) is 7.44. The molecule has 0 aliphatic carbocycles. The first-order valence-corrected chi connectivity index (χ1v) is 6.32. The maximum absolute atomic E-state index is 11.5. The minimum absolute atomic E-state index is 0.0893. The van der Waals surface area contributed by atoms with Crippen molar-refractivity contribution in [1.82, 2.24) is 5.43 Å². The van der Waals surface area contributed by atoms with Crippen LogP contribution in [0.1, 0.15) is 13.8 Å². The molecule has 102 valence electrons. The van der Waals surface area contributed by atoms with Crippen LogP contribution < -0.4 is 10.7 Å². The molecule has 1 amide bonds. The third-order valence-corrected chi connectivity index (χ3v) is 2.83. The van der Waals surface area contributed by atoms with E-state index in [0.29, 0.717) is 5.71 Å². The van der Waals surface area contributed by atoms with Crippen LogP contribution in [0.15, 0.2) is 39.0 Å². The number of halogens is 1. The highest BCUT2D eigenvalue weighted by atomic mass is 79.9. The van der Waals surface area contributed by atoms with Crippen LogP contribution >= 0.6 is 15.9 Å². The van der Waals surface area contributed by atoms with E-state index in [1.807, 2.05) is 24.3 Å². The number of hydrazone groups is 1. The van der Waals surface area contributed by atoms with Gasteiger partial charge in [-0.05, 0) is 38.1 Å². The van der Waals surface area contributed by atoms with Gasteiger partial charge in [-0.25, -0.2) is 5.43 Å². The SMILES string of the molecule is CC(=N\[O-])/C(C)=N/NC(=O)CNc1ccc(Br)cc1. The summed E-state index contributed by atoms with van der Waals surface area (Å²) < 4.78 is 0.968. The monoisotopic (exact) mass is 325 g/mol. The van der Waals surface area contributed by atoms with Crippen molar-refractivity contribution in [3.63, 3.8) is 0 Å². The van der Waals surface area contributed by atoms with Crippen LogP contribution in [0.2, 0.25) is 0 Å². The molecule has 19 heavy (non-hydrogen) atoms. The highest BCUT2D eigenvalue weighted by Crippen LogP contribution is 2.13. The van der Waals surface area contributed by atoms with Crippen molar-refractivity contribution in [2.75, 3.05) is 11.9 Å². The normalized spacial score (nSPS) is 12.2. The number of anilines is 1. The molecule has 0 radical (unpaired) electrons. The summed E-state index contributed by atoms with van der Waals surface area (Å²) in [7, 11) is 0. The third-order valence-electron chi connectivity index (χ3n) is 2.31. The zero-order valence-electron chi connectivity index (χ0n) is 10.6. The second kappa shape index (κ2) is 7.52. The third kappa shape index (κ3) is 5.52. The van der Waals surface area contributed by atoms with E-state index in [9.17, 15) is 10.0 Å². The summed E-state index contributed by atoms with van der Waals surface area (Å²) in [6.45, 7) is 3.21. The number of nitrogens with zero attached hydrogens (tertiary/aromatic N) is 2. The second-order valence-electron chi connectivity index (χ2n) is 3.77. The van der Waals surface area contributed by atoms with E-state index in [0.717, 1.165) is 10.2 Å². The van der Waals surface area contributed by atoms with Gasteiger partial charge in [-0.3, -0.25) is 4.79 Å². The molecule has 0 fully saturated rings. The highest BCUT2D eigenvalue weighted by molar-refractivity contribution is 9.10. The molecule has 0 heterocycles. The molecule has 2 N–H and O–H groups in total. The van der Waals surface area contributed by atoms with Gasteiger partial charge in [0.15, 0.2) is 0 Å². The summed E-state index contributed by atoms with van der Waals surface area (Å²) in [5.41, 5.74) is 3.79. The number of carbonyl (C=O) groups excluding carboxylic acids is 1. The Bertz CT molecular complexity index is 497. The first-order valence-electron chi connectivity index (χ1n) is 5.52. The van der Waals surface area contributed by atoms with E-state index >= 15 is 0 Å². The molecule has 0 saturated heterocycles. The van der Waals surface area contributed by atoms with Crippen molar-refractivity contribution in [3.05, 3.63) is 33.9 Å². The number of nitrogens with one attached hydrogen (secondary N) is 2. The zero-order chi connectivity index (χ0) is 14.3. The molecular weight excluding hydrogens is 312 g/mol. The van der Waals surface area contributed by atoms with Crippen molar-refractivity contribution in [2.24, 2.45) is 10.3 Å². The fourth-order valence-electron chi connectivity index (χ4n) is 1.08. The molecule has 1 rings (SSSR count). The minimum atomic E-state index is -0.305. The standard InChI is InChI=1S/C12H15BrN4O2/c1-8(9(2)17-19)15-16-12(18)7-14-11-5-3-10(13)4-6-11/h3-6,14,19H,7H2,1-2H3,(H,16,18)/p-1/b15-8+,17-9+. The maximum atomic E-state index is 11.5. The van der Waals surface area contributed by atoms with Crippen LogP contribution in [0.4, 0.5) is 5.69 Å². The number of hydrogen-bond donors (Lipinski definition) is 2. The summed E-state index contributed by atoms with van der Waals surface area (Å²) >= 11 is 3.33. The van der Waals surface area contributed by atoms with Gasteiger partial charge in [0.25, 0.3) is 5.91 Å². The van der Waals surface area contributed by atoms with Gasteiger partial charge in [-0.1, -0.05) is 15.9 Å². The van der Waals surface area contributed by atoms with Crippen LogP contribution in [-0.4, -0.2) is 23.9 Å². The lowest BCUT2D eigenvalue weighted by Crippen LogP contribution is -2.27. The number of rotatable bonds is 5. The van der Waals surface area contributed by atoms with Gasteiger partial charge in [0.1, 0.15) is 0 Å². The fraction of sp³-hybridized carbons (Fsp3) is 0.250. The molecule has 0 atom stereocenters. The van der Waals surface area contributed by atoms with Crippen LogP contribution in [0.25, 0.3) is 0 Å². The molecular formula is C12H14BrN4O2-. The Labute approximate surface area is 119 Å².